The summed E-state index contributed by atoms with van der Waals surface area (Å²) in [7, 11) is 1.59. The first-order valence-corrected chi connectivity index (χ1v) is 10.6. The molecule has 0 unspecified atom stereocenters. The number of aliphatic hydroxyl groups is 1. The fraction of sp³-hybridized carbons (Fsp3) is 0.222. The number of nitrogens with zero attached hydrogens (tertiary/aromatic N) is 1. The van der Waals surface area contributed by atoms with Gasteiger partial charge in [-0.3, -0.25) is 4.79 Å². The fourth-order valence-electron chi connectivity index (χ4n) is 4.26. The van der Waals surface area contributed by atoms with E-state index in [1.807, 2.05) is 91.9 Å². The molecule has 0 bridgehead atoms. The van der Waals surface area contributed by atoms with E-state index in [0.29, 0.717) is 23.5 Å². The second-order valence-corrected chi connectivity index (χ2v) is 7.75. The summed E-state index contributed by atoms with van der Waals surface area (Å²) >= 11 is 0. The first kappa shape index (κ1) is 20.9. The predicted octanol–water partition coefficient (Wildman–Crippen LogP) is 5.18. The van der Waals surface area contributed by atoms with Gasteiger partial charge in [-0.05, 0) is 35.7 Å². The molecular formula is C27H27NO3. The number of hydrogen-bond acceptors (Lipinski definition) is 3. The minimum absolute atomic E-state index is 0.325. The summed E-state index contributed by atoms with van der Waals surface area (Å²) in [5, 5.41) is 12.1. The average Bonchev–Trinajstić information content (AvgIpc) is 3.02. The number of hydrogen-bond donors (Lipinski definition) is 1. The van der Waals surface area contributed by atoms with Crippen LogP contribution in [-0.2, 0) is 16.9 Å². The molecule has 158 valence electrons. The Labute approximate surface area is 183 Å². The van der Waals surface area contributed by atoms with Gasteiger partial charge < -0.3 is 14.7 Å². The molecule has 4 rings (SSSR count). The van der Waals surface area contributed by atoms with E-state index >= 15 is 0 Å². The summed E-state index contributed by atoms with van der Waals surface area (Å²) < 4.78 is 5.43. The molecule has 4 heteroatoms. The second kappa shape index (κ2) is 8.78. The highest BCUT2D eigenvalue weighted by Gasteiger charge is 2.54. The van der Waals surface area contributed by atoms with Crippen LogP contribution in [0.5, 0.6) is 5.75 Å². The molecule has 1 heterocycles. The standard InChI is InChI=1S/C27H27NO3/c1-3-4-15-23(21-13-9-6-10-14-21)27(30)24-18-22(31-2)16-17-25(24)28(26(27)29)19-20-11-7-5-8-12-20/h4-18,23,30H,3,19H2,1-2H3/b15-4+/t23-,27+/m0/s1. The second-order valence-electron chi connectivity index (χ2n) is 7.75. The van der Waals surface area contributed by atoms with Crippen molar-refractivity contribution in [3.63, 3.8) is 0 Å². The minimum atomic E-state index is -1.73. The maximum absolute atomic E-state index is 13.9. The van der Waals surface area contributed by atoms with Gasteiger partial charge in [0.15, 0.2) is 5.60 Å². The van der Waals surface area contributed by atoms with E-state index in [1.165, 1.54) is 0 Å². The first-order chi connectivity index (χ1) is 15.1. The minimum Gasteiger partial charge on any atom is -0.497 e. The summed E-state index contributed by atoms with van der Waals surface area (Å²) in [6.07, 6.45) is 4.76. The molecule has 0 radical (unpaired) electrons. The van der Waals surface area contributed by atoms with Crippen LogP contribution in [-0.4, -0.2) is 18.1 Å². The Balaban J connectivity index is 1.87. The first-order valence-electron chi connectivity index (χ1n) is 10.6. The van der Waals surface area contributed by atoms with E-state index in [2.05, 4.69) is 0 Å². The van der Waals surface area contributed by atoms with Crippen LogP contribution in [0, 0.1) is 0 Å². The zero-order chi connectivity index (χ0) is 21.8. The average molecular weight is 414 g/mol. The van der Waals surface area contributed by atoms with Crippen molar-refractivity contribution in [3.05, 3.63) is 108 Å². The molecule has 3 aromatic rings. The number of carbonyl (C=O) groups is 1. The number of methoxy groups -OCH3 is 1. The Morgan fingerprint density at radius 2 is 1.71 bits per heavy atom. The van der Waals surface area contributed by atoms with Crippen molar-refractivity contribution in [2.75, 3.05) is 12.0 Å². The maximum Gasteiger partial charge on any atom is 0.264 e. The van der Waals surface area contributed by atoms with Crippen LogP contribution in [0.1, 0.15) is 36.0 Å². The number of rotatable bonds is 7. The highest BCUT2D eigenvalue weighted by molar-refractivity contribution is 6.08. The summed E-state index contributed by atoms with van der Waals surface area (Å²) in [6, 6.07) is 25.0. The van der Waals surface area contributed by atoms with Crippen LogP contribution < -0.4 is 9.64 Å². The lowest BCUT2D eigenvalue weighted by atomic mass is 9.77. The number of carbonyl (C=O) groups excluding carboxylic acids is 1. The lowest BCUT2D eigenvalue weighted by molar-refractivity contribution is -0.137. The van der Waals surface area contributed by atoms with Crippen molar-refractivity contribution in [2.45, 2.75) is 31.4 Å². The van der Waals surface area contributed by atoms with Gasteiger partial charge in [-0.2, -0.15) is 0 Å². The molecular weight excluding hydrogens is 386 g/mol. The largest absolute Gasteiger partial charge is 0.497 e. The van der Waals surface area contributed by atoms with E-state index < -0.39 is 11.5 Å². The summed E-state index contributed by atoms with van der Waals surface area (Å²) in [5.74, 6) is -0.236. The Bertz CT molecular complexity index is 1080. The van der Waals surface area contributed by atoms with E-state index in [0.717, 1.165) is 17.5 Å². The molecule has 0 aliphatic carbocycles. The summed E-state index contributed by atoms with van der Waals surface area (Å²) in [6.45, 7) is 2.43. The van der Waals surface area contributed by atoms with Crippen LogP contribution >= 0.6 is 0 Å². The number of allylic oxidation sites excluding steroid dienone is 1. The summed E-state index contributed by atoms with van der Waals surface area (Å²) in [4.78, 5) is 15.5. The van der Waals surface area contributed by atoms with Crippen LogP contribution in [0.4, 0.5) is 5.69 Å². The lowest BCUT2D eigenvalue weighted by Gasteiger charge is -2.31. The number of anilines is 1. The van der Waals surface area contributed by atoms with Gasteiger partial charge in [0.1, 0.15) is 5.75 Å². The monoisotopic (exact) mass is 413 g/mol. The molecule has 0 fully saturated rings. The number of amides is 1. The van der Waals surface area contributed by atoms with E-state index in [-0.39, 0.29) is 5.91 Å². The lowest BCUT2D eigenvalue weighted by Crippen LogP contribution is -2.44. The zero-order valence-electron chi connectivity index (χ0n) is 17.9. The molecule has 1 N–H and O–H groups in total. The highest BCUT2D eigenvalue weighted by atomic mass is 16.5. The molecule has 3 aromatic carbocycles. The third kappa shape index (κ3) is 3.75. The van der Waals surface area contributed by atoms with Gasteiger partial charge in [-0.25, -0.2) is 0 Å². The number of ether oxygens (including phenoxy) is 1. The molecule has 0 spiro atoms. The van der Waals surface area contributed by atoms with Crippen molar-refractivity contribution < 1.29 is 14.6 Å². The van der Waals surface area contributed by atoms with Crippen molar-refractivity contribution in [2.24, 2.45) is 0 Å². The molecule has 0 saturated carbocycles. The van der Waals surface area contributed by atoms with E-state index in [9.17, 15) is 9.90 Å². The normalized spacial score (nSPS) is 18.9. The number of benzene rings is 3. The topological polar surface area (TPSA) is 49.8 Å². The molecule has 1 aliphatic heterocycles. The third-order valence-electron chi connectivity index (χ3n) is 5.83. The van der Waals surface area contributed by atoms with Gasteiger partial charge in [0.05, 0.1) is 19.3 Å². The van der Waals surface area contributed by atoms with E-state index in [4.69, 9.17) is 4.74 Å². The quantitative estimate of drug-likeness (QED) is 0.543. The molecule has 0 aromatic heterocycles. The SMILES string of the molecule is CC/C=C/[C@@H](c1ccccc1)[C@]1(O)C(=O)N(Cc2ccccc2)c2ccc(OC)cc21. The van der Waals surface area contributed by atoms with Crippen molar-refractivity contribution in [3.8, 4) is 5.75 Å². The van der Waals surface area contributed by atoms with E-state index in [1.54, 1.807) is 18.1 Å². The van der Waals surface area contributed by atoms with Crippen LogP contribution in [0.2, 0.25) is 0 Å². The van der Waals surface area contributed by atoms with Gasteiger partial charge >= 0.3 is 0 Å². The molecule has 0 saturated heterocycles. The van der Waals surface area contributed by atoms with Gasteiger partial charge in [0.25, 0.3) is 5.91 Å². The van der Waals surface area contributed by atoms with Crippen LogP contribution in [0.15, 0.2) is 91.0 Å². The van der Waals surface area contributed by atoms with Crippen molar-refractivity contribution in [1.82, 2.24) is 0 Å². The van der Waals surface area contributed by atoms with Gasteiger partial charge in [-0.1, -0.05) is 79.7 Å². The Hall–Kier alpha value is -3.37. The summed E-state index contributed by atoms with van der Waals surface area (Å²) in [5.41, 5.74) is 1.44. The Morgan fingerprint density at radius 3 is 2.35 bits per heavy atom. The molecule has 4 nitrogen and oxygen atoms in total. The molecule has 2 atom stereocenters. The molecule has 31 heavy (non-hydrogen) atoms. The fourth-order valence-corrected chi connectivity index (χ4v) is 4.26. The van der Waals surface area contributed by atoms with Gasteiger partial charge in [0, 0.05) is 11.5 Å². The number of fused-ring (bicyclic) bond motifs is 1. The van der Waals surface area contributed by atoms with Gasteiger partial charge in [0.2, 0.25) is 0 Å². The molecule has 1 amide bonds. The predicted molar refractivity (Wildman–Crippen MR) is 123 cm³/mol. The Morgan fingerprint density at radius 1 is 1.03 bits per heavy atom. The third-order valence-corrected chi connectivity index (χ3v) is 5.83. The van der Waals surface area contributed by atoms with Crippen molar-refractivity contribution in [1.29, 1.82) is 0 Å². The van der Waals surface area contributed by atoms with Crippen LogP contribution in [0.3, 0.4) is 0 Å². The highest BCUT2D eigenvalue weighted by Crippen LogP contribution is 2.50. The smallest absolute Gasteiger partial charge is 0.264 e. The van der Waals surface area contributed by atoms with Gasteiger partial charge in [-0.15, -0.1) is 0 Å². The Kier molecular flexibility index (Phi) is 5.92. The van der Waals surface area contributed by atoms with Crippen LogP contribution in [0.25, 0.3) is 0 Å². The molecule has 1 aliphatic rings. The van der Waals surface area contributed by atoms with Crippen molar-refractivity contribution >= 4 is 11.6 Å². The zero-order valence-corrected chi connectivity index (χ0v) is 17.9. The maximum atomic E-state index is 13.9.